The lowest BCUT2D eigenvalue weighted by Gasteiger charge is -2.39. The highest BCUT2D eigenvalue weighted by atomic mass is 19.4. The van der Waals surface area contributed by atoms with Crippen LogP contribution in [0.3, 0.4) is 0 Å². The molecule has 2 unspecified atom stereocenters. The first kappa shape index (κ1) is 50.8. The second-order valence-electron chi connectivity index (χ2n) is 11.4. The quantitative estimate of drug-likeness (QED) is 0.0394. The van der Waals surface area contributed by atoms with Gasteiger partial charge < -0.3 is 28.8 Å². The zero-order valence-electron chi connectivity index (χ0n) is 29.6. The largest absolute Gasteiger partial charge is 0.494 e. The number of carbonyl (C=O) groups is 4. The number of halogens is 12. The van der Waals surface area contributed by atoms with E-state index in [1.54, 1.807) is 24.3 Å². The Kier molecular flexibility index (Phi) is 20.6. The molecule has 1 rings (SSSR count). The summed E-state index contributed by atoms with van der Waals surface area (Å²) < 4.78 is 181. The summed E-state index contributed by atoms with van der Waals surface area (Å²) >= 11 is 0. The number of methoxy groups -OCH3 is 1. The van der Waals surface area contributed by atoms with Gasteiger partial charge in [0.25, 0.3) is 0 Å². The Morgan fingerprint density at radius 2 is 1.33 bits per heavy atom. The molecule has 55 heavy (non-hydrogen) atoms. The minimum atomic E-state index is -7.72. The molecule has 2 atom stereocenters. The minimum absolute atomic E-state index is 0.0634. The van der Waals surface area contributed by atoms with Crippen LogP contribution in [0.1, 0.15) is 56.3 Å². The van der Waals surface area contributed by atoms with Gasteiger partial charge in [-0.25, -0.2) is 18.4 Å². The van der Waals surface area contributed by atoms with Gasteiger partial charge in [-0.1, -0.05) is 20.4 Å². The van der Waals surface area contributed by atoms with Crippen molar-refractivity contribution in [2.75, 3.05) is 40.1 Å². The molecule has 10 nitrogen and oxygen atoms in total. The van der Waals surface area contributed by atoms with Gasteiger partial charge in [0.05, 0.1) is 44.3 Å². The molecule has 0 aliphatic rings. The van der Waals surface area contributed by atoms with Gasteiger partial charge in [0, 0.05) is 19.1 Å². The zero-order chi connectivity index (χ0) is 42.8. The average molecular weight is 825 g/mol. The molecule has 0 saturated heterocycles. The summed E-state index contributed by atoms with van der Waals surface area (Å²) in [6.07, 6.45) is -3.68. The first-order chi connectivity index (χ1) is 25.3. The molecule has 0 fully saturated rings. The SMILES string of the molecule is C=CC(=O)OCCCCOc1ccc(C(=O)OC)cc1.CCC(CC(C)C(=O)OCCCO)C(=O)OCC(F)(F)C(F)(F)C(F)(F)C(F)(F)C(F)(F)C(F)F. The maximum absolute atomic E-state index is 13.7. The molecule has 316 valence electrons. The number of ether oxygens (including phenoxy) is 5. The molecular formula is C33H40F12O10. The number of esters is 4. The van der Waals surface area contributed by atoms with E-state index in [4.69, 9.17) is 19.3 Å². The second kappa shape index (κ2) is 22.3. The van der Waals surface area contributed by atoms with Crippen molar-refractivity contribution in [3.05, 3.63) is 42.5 Å². The van der Waals surface area contributed by atoms with E-state index in [0.29, 0.717) is 24.5 Å². The van der Waals surface area contributed by atoms with Crippen molar-refractivity contribution in [3.63, 3.8) is 0 Å². The fourth-order valence-corrected chi connectivity index (χ4v) is 3.91. The highest BCUT2D eigenvalue weighted by Gasteiger charge is 2.88. The molecule has 0 amide bonds. The standard InChI is InChI=1S/C18H22F12O5.C15H18O5/c1-3-10(7-9(2)11(32)34-6-4-5-31)12(33)35-8-14(21,22)16(25,26)18(29,30)17(27,28)15(23,24)13(19)20;1-3-14(16)20-11-5-4-10-19-13-8-6-12(7-9-13)15(17)18-2/h9-10,13,31H,3-8H2,1-2H3;3,6-9H,1,4-5,10-11H2,2H3. The predicted molar refractivity (Wildman–Crippen MR) is 166 cm³/mol. The molecule has 0 bridgehead atoms. The number of hydrogen-bond acceptors (Lipinski definition) is 10. The van der Waals surface area contributed by atoms with Crippen LogP contribution in [0.25, 0.3) is 0 Å². The number of carbonyl (C=O) groups excluding carboxylic acids is 4. The summed E-state index contributed by atoms with van der Waals surface area (Å²) in [5.74, 6) is -41.6. The minimum Gasteiger partial charge on any atom is -0.494 e. The van der Waals surface area contributed by atoms with Gasteiger partial charge in [0.1, 0.15) is 5.75 Å². The normalized spacial score (nSPS) is 13.5. The van der Waals surface area contributed by atoms with Gasteiger partial charge in [0.2, 0.25) is 0 Å². The fourth-order valence-electron chi connectivity index (χ4n) is 3.91. The van der Waals surface area contributed by atoms with Gasteiger partial charge >= 0.3 is 59.9 Å². The maximum Gasteiger partial charge on any atom is 0.384 e. The number of hydrogen-bond donors (Lipinski definition) is 1. The Hall–Kier alpha value is -4.24. The number of rotatable bonds is 23. The summed E-state index contributed by atoms with van der Waals surface area (Å²) in [4.78, 5) is 45.6. The van der Waals surface area contributed by atoms with Gasteiger partial charge in [-0.3, -0.25) is 9.59 Å². The number of unbranched alkanes of at least 4 members (excludes halogenated alkanes) is 1. The van der Waals surface area contributed by atoms with Crippen LogP contribution in [-0.4, -0.2) is 105 Å². The lowest BCUT2D eigenvalue weighted by Crippen LogP contribution is -2.69. The molecule has 0 heterocycles. The van der Waals surface area contributed by atoms with Crippen LogP contribution in [0, 0.1) is 11.8 Å². The van der Waals surface area contributed by atoms with Crippen LogP contribution in [0.4, 0.5) is 52.7 Å². The first-order valence-corrected chi connectivity index (χ1v) is 16.0. The second-order valence-corrected chi connectivity index (χ2v) is 11.4. The van der Waals surface area contributed by atoms with Crippen LogP contribution < -0.4 is 4.74 Å². The van der Waals surface area contributed by atoms with Crippen molar-refractivity contribution in [1.82, 2.24) is 0 Å². The molecule has 0 aliphatic carbocycles. The van der Waals surface area contributed by atoms with Crippen molar-refractivity contribution >= 4 is 23.9 Å². The van der Waals surface area contributed by atoms with Crippen molar-refractivity contribution in [1.29, 1.82) is 0 Å². The van der Waals surface area contributed by atoms with Crippen molar-refractivity contribution in [2.24, 2.45) is 11.8 Å². The van der Waals surface area contributed by atoms with Crippen LogP contribution in [-0.2, 0) is 33.3 Å². The van der Waals surface area contributed by atoms with Gasteiger partial charge in [0.15, 0.2) is 6.61 Å². The van der Waals surface area contributed by atoms with E-state index in [9.17, 15) is 71.9 Å². The molecule has 22 heteroatoms. The number of benzene rings is 1. The molecule has 1 aromatic rings. The Balaban J connectivity index is 0.00000123. The summed E-state index contributed by atoms with van der Waals surface area (Å²) in [5.41, 5.74) is 0.483. The molecule has 0 saturated carbocycles. The average Bonchev–Trinajstić information content (AvgIpc) is 3.13. The summed E-state index contributed by atoms with van der Waals surface area (Å²) in [6.45, 7) is 3.08. The Morgan fingerprint density at radius 3 is 1.82 bits per heavy atom. The first-order valence-electron chi connectivity index (χ1n) is 16.0. The van der Waals surface area contributed by atoms with E-state index in [2.05, 4.69) is 16.1 Å². The highest BCUT2D eigenvalue weighted by molar-refractivity contribution is 5.89. The van der Waals surface area contributed by atoms with Gasteiger partial charge in [-0.15, -0.1) is 0 Å². The van der Waals surface area contributed by atoms with Crippen molar-refractivity contribution in [2.45, 2.75) is 82.0 Å². The lowest BCUT2D eigenvalue weighted by molar-refractivity contribution is -0.414. The van der Waals surface area contributed by atoms with E-state index < -0.39 is 78.8 Å². The van der Waals surface area contributed by atoms with Crippen LogP contribution in [0.2, 0.25) is 0 Å². The van der Waals surface area contributed by atoms with E-state index in [1.807, 2.05) is 0 Å². The van der Waals surface area contributed by atoms with Gasteiger partial charge in [-0.2, -0.15) is 43.9 Å². The smallest absolute Gasteiger partial charge is 0.384 e. The monoisotopic (exact) mass is 824 g/mol. The molecule has 0 radical (unpaired) electrons. The highest BCUT2D eigenvalue weighted by Crippen LogP contribution is 2.58. The third-order valence-electron chi connectivity index (χ3n) is 7.24. The number of aliphatic hydroxyl groups is 1. The van der Waals surface area contributed by atoms with Crippen LogP contribution in [0.5, 0.6) is 5.75 Å². The Labute approximate surface area is 307 Å². The summed E-state index contributed by atoms with van der Waals surface area (Å²) in [6, 6.07) is 6.72. The summed E-state index contributed by atoms with van der Waals surface area (Å²) in [7, 11) is 1.34. The Bertz CT molecular complexity index is 1380. The van der Waals surface area contributed by atoms with E-state index in [0.717, 1.165) is 18.9 Å². The van der Waals surface area contributed by atoms with Crippen LogP contribution >= 0.6 is 0 Å². The number of aliphatic hydroxyl groups excluding tert-OH is 1. The third kappa shape index (κ3) is 14.1. The van der Waals surface area contributed by atoms with E-state index in [1.165, 1.54) is 21.0 Å². The molecular weight excluding hydrogens is 784 g/mol. The third-order valence-corrected chi connectivity index (χ3v) is 7.24. The summed E-state index contributed by atoms with van der Waals surface area (Å²) in [5, 5.41) is 8.59. The van der Waals surface area contributed by atoms with E-state index >= 15 is 0 Å². The molecule has 1 N–H and O–H groups in total. The van der Waals surface area contributed by atoms with Crippen molar-refractivity contribution in [3.8, 4) is 5.75 Å². The molecule has 0 spiro atoms. The molecule has 0 aliphatic heterocycles. The fraction of sp³-hybridized carbons (Fsp3) is 0.636. The number of alkyl halides is 12. The van der Waals surface area contributed by atoms with Crippen LogP contribution in [0.15, 0.2) is 36.9 Å². The maximum atomic E-state index is 13.7. The predicted octanol–water partition coefficient (Wildman–Crippen LogP) is 7.31. The lowest BCUT2D eigenvalue weighted by atomic mass is 9.93. The van der Waals surface area contributed by atoms with E-state index in [-0.39, 0.29) is 32.0 Å². The van der Waals surface area contributed by atoms with Crippen molar-refractivity contribution < 1.29 is 101 Å². The zero-order valence-corrected chi connectivity index (χ0v) is 29.6. The topological polar surface area (TPSA) is 135 Å². The Morgan fingerprint density at radius 1 is 0.782 bits per heavy atom. The molecule has 1 aromatic carbocycles. The molecule has 0 aromatic heterocycles. The van der Waals surface area contributed by atoms with Gasteiger partial charge in [-0.05, 0) is 49.9 Å².